The molecule has 4 aliphatic rings. The van der Waals surface area contributed by atoms with E-state index >= 15 is 0 Å². The van der Waals surface area contributed by atoms with Crippen LogP contribution < -0.4 is 9.47 Å². The Kier molecular flexibility index (Phi) is 14.3. The fraction of sp³-hybridized carbons (Fsp3) is 0.0192. The van der Waals surface area contributed by atoms with Gasteiger partial charge in [-0.1, -0.05) is 328 Å². The number of aromatic nitrogens is 4. The molecule has 512 valence electrons. The molecule has 0 saturated carbocycles. The Morgan fingerprint density at radius 1 is 0.164 bits per heavy atom. The van der Waals surface area contributed by atoms with Gasteiger partial charge in [0.2, 0.25) is 0 Å². The van der Waals surface area contributed by atoms with E-state index in [1.807, 2.05) is 18.2 Å². The summed E-state index contributed by atoms with van der Waals surface area (Å²) in [4.78, 5) is 21.6. The van der Waals surface area contributed by atoms with Crippen molar-refractivity contribution in [3.63, 3.8) is 0 Å². The second-order valence-corrected chi connectivity index (χ2v) is 29.0. The highest BCUT2D eigenvalue weighted by molar-refractivity contribution is 5.94. The van der Waals surface area contributed by atoms with E-state index in [0.717, 1.165) is 151 Å². The second-order valence-electron chi connectivity index (χ2n) is 29.0. The zero-order chi connectivity index (χ0) is 72.4. The van der Waals surface area contributed by atoms with Gasteiger partial charge >= 0.3 is 0 Å². The van der Waals surface area contributed by atoms with Crippen LogP contribution in [0.5, 0.6) is 23.0 Å². The number of rotatable bonds is 10. The summed E-state index contributed by atoms with van der Waals surface area (Å²) in [5.74, 6) is 4.55. The monoisotopic (exact) mass is 1400 g/mol. The molecule has 110 heavy (non-hydrogen) atoms. The summed E-state index contributed by atoms with van der Waals surface area (Å²) in [6.07, 6.45) is 0. The van der Waals surface area contributed by atoms with E-state index in [2.05, 4.69) is 370 Å². The van der Waals surface area contributed by atoms with Crippen LogP contribution in [0.2, 0.25) is 0 Å². The number of para-hydroxylation sites is 1. The summed E-state index contributed by atoms with van der Waals surface area (Å²) in [5.41, 5.74) is 30.5. The van der Waals surface area contributed by atoms with Crippen LogP contribution in [0.15, 0.2) is 388 Å². The zero-order valence-corrected chi connectivity index (χ0v) is 59.6. The zero-order valence-electron chi connectivity index (χ0n) is 59.6. The molecule has 0 unspecified atom stereocenters. The quantitative estimate of drug-likeness (QED) is 0.136. The van der Waals surface area contributed by atoms with Crippen molar-refractivity contribution < 1.29 is 9.47 Å². The van der Waals surface area contributed by atoms with Gasteiger partial charge in [-0.15, -0.1) is 0 Å². The largest absolute Gasteiger partial charge is 0.457 e. The topological polar surface area (TPSA) is 70.0 Å². The lowest BCUT2D eigenvalue weighted by Gasteiger charge is -2.39. The predicted octanol–water partition coefficient (Wildman–Crippen LogP) is 26.0. The molecule has 6 heteroatoms. The van der Waals surface area contributed by atoms with Gasteiger partial charge < -0.3 is 9.47 Å². The molecule has 0 bridgehead atoms. The lowest BCUT2D eigenvalue weighted by Crippen LogP contribution is -2.32. The number of ether oxygens (including phenoxy) is 2. The van der Waals surface area contributed by atoms with Gasteiger partial charge in [0.25, 0.3) is 0 Å². The maximum Gasteiger partial charge on any atom is 0.160 e. The highest BCUT2D eigenvalue weighted by Gasteiger charge is 2.53. The van der Waals surface area contributed by atoms with Gasteiger partial charge in [-0.25, -0.2) is 19.9 Å². The number of hydrogen-bond acceptors (Lipinski definition) is 6. The Morgan fingerprint density at radius 2 is 0.482 bits per heavy atom. The van der Waals surface area contributed by atoms with Gasteiger partial charge in [-0.2, -0.15) is 0 Å². The highest BCUT2D eigenvalue weighted by atomic mass is 16.5. The summed E-state index contributed by atoms with van der Waals surface area (Å²) in [6.45, 7) is 0. The van der Waals surface area contributed by atoms with E-state index in [0.29, 0.717) is 11.6 Å². The molecule has 2 spiro atoms. The van der Waals surface area contributed by atoms with Crippen LogP contribution in [0, 0.1) is 0 Å². The van der Waals surface area contributed by atoms with Gasteiger partial charge in [0.05, 0.1) is 33.6 Å². The van der Waals surface area contributed by atoms with Crippen molar-refractivity contribution in [1.82, 2.24) is 19.9 Å². The Balaban J connectivity index is 0.651. The molecule has 0 saturated heterocycles. The first-order chi connectivity index (χ1) is 54.5. The van der Waals surface area contributed by atoms with E-state index in [1.165, 1.54) is 49.9 Å². The van der Waals surface area contributed by atoms with E-state index in [9.17, 15) is 0 Å². The molecule has 16 aromatic carbocycles. The van der Waals surface area contributed by atoms with Gasteiger partial charge in [0.1, 0.15) is 23.0 Å². The summed E-state index contributed by atoms with van der Waals surface area (Å²) in [7, 11) is 0. The molecule has 0 atom stereocenters. The average molecular weight is 1400 g/mol. The number of fused-ring (bicyclic) bond motifs is 19. The lowest BCUT2D eigenvalue weighted by atomic mass is 9.65. The maximum absolute atomic E-state index is 7.46. The van der Waals surface area contributed by atoms with Crippen LogP contribution in [0.3, 0.4) is 0 Å². The molecular formula is C104H64N4O2. The molecule has 22 rings (SSSR count). The number of hydrogen-bond donors (Lipinski definition) is 0. The van der Waals surface area contributed by atoms with Crippen LogP contribution in [0.1, 0.15) is 44.5 Å². The van der Waals surface area contributed by atoms with Gasteiger partial charge in [0.15, 0.2) is 11.6 Å². The van der Waals surface area contributed by atoms with E-state index in [1.54, 1.807) is 0 Å². The normalized spacial score (nSPS) is 13.2. The Morgan fingerprint density at radius 3 is 0.991 bits per heavy atom. The molecular weight excluding hydrogens is 1340 g/mol. The van der Waals surface area contributed by atoms with Crippen LogP contribution in [-0.4, -0.2) is 19.9 Å². The molecule has 0 radical (unpaired) electrons. The fourth-order valence-electron chi connectivity index (χ4n) is 18.1. The van der Waals surface area contributed by atoms with Crippen LogP contribution in [0.25, 0.3) is 145 Å². The third-order valence-corrected chi connectivity index (χ3v) is 23.0. The minimum atomic E-state index is -0.694. The summed E-state index contributed by atoms with van der Waals surface area (Å²) in [5, 5.41) is 2.34. The van der Waals surface area contributed by atoms with Crippen molar-refractivity contribution in [2.45, 2.75) is 10.8 Å². The molecule has 4 heterocycles. The van der Waals surface area contributed by atoms with Crippen LogP contribution in [0.4, 0.5) is 0 Å². The Hall–Kier alpha value is -14.5. The average Bonchev–Trinajstić information content (AvgIpc) is 1.50. The first-order valence-electron chi connectivity index (χ1n) is 37.5. The molecule has 18 aromatic rings. The first kappa shape index (κ1) is 62.9. The van der Waals surface area contributed by atoms with Crippen molar-refractivity contribution in [2.24, 2.45) is 0 Å². The molecule has 0 amide bonds. The molecule has 0 fully saturated rings. The highest BCUT2D eigenvalue weighted by Crippen LogP contribution is 2.65. The molecule has 0 N–H and O–H groups in total. The van der Waals surface area contributed by atoms with Crippen molar-refractivity contribution in [3.8, 4) is 158 Å². The summed E-state index contributed by atoms with van der Waals surface area (Å²) >= 11 is 0. The van der Waals surface area contributed by atoms with E-state index < -0.39 is 10.8 Å². The SMILES string of the molecule is c1ccc(-c2nc(-c3cccc(-c4ccc5c(c4)Oc4cc(-c6cccc(-c7nc(-c8cccc(-c9ccc%10c(c9)Oc9ccccc9C%109c%10ccccc%10-c%10ccccc%109)c8)cc(-c8ccccc8-c8ccccc8)n7)c6)ccc4C54c5ccccc5-c5ccccc54)c3)cc(-c3ccc4ccccc4c3)n2)cc1. The van der Waals surface area contributed by atoms with Gasteiger partial charge in [0, 0.05) is 55.6 Å². The van der Waals surface area contributed by atoms with Crippen molar-refractivity contribution in [2.75, 3.05) is 0 Å². The van der Waals surface area contributed by atoms with Gasteiger partial charge in [-0.3, -0.25) is 0 Å². The first-order valence-corrected chi connectivity index (χ1v) is 37.5. The molecule has 2 aliphatic heterocycles. The minimum absolute atomic E-state index is 0.556. The smallest absolute Gasteiger partial charge is 0.160 e. The second kappa shape index (κ2) is 25.1. The minimum Gasteiger partial charge on any atom is -0.457 e. The summed E-state index contributed by atoms with van der Waals surface area (Å²) < 4.78 is 14.5. The third-order valence-electron chi connectivity index (χ3n) is 23.0. The van der Waals surface area contributed by atoms with Gasteiger partial charge in [-0.05, 0) is 160 Å². The summed E-state index contributed by atoms with van der Waals surface area (Å²) in [6, 6.07) is 139. The number of nitrogens with zero attached hydrogens (tertiary/aromatic N) is 4. The maximum atomic E-state index is 7.46. The Bertz CT molecular complexity index is 6730. The predicted molar refractivity (Wildman–Crippen MR) is 444 cm³/mol. The van der Waals surface area contributed by atoms with Crippen LogP contribution >= 0.6 is 0 Å². The molecule has 2 aliphatic carbocycles. The van der Waals surface area contributed by atoms with E-state index in [-0.39, 0.29) is 0 Å². The molecule has 6 nitrogen and oxygen atoms in total. The van der Waals surface area contributed by atoms with Crippen molar-refractivity contribution in [3.05, 3.63) is 433 Å². The molecule has 2 aromatic heterocycles. The Labute approximate surface area is 637 Å². The van der Waals surface area contributed by atoms with Crippen LogP contribution in [-0.2, 0) is 10.8 Å². The lowest BCUT2D eigenvalue weighted by molar-refractivity contribution is 0.436. The number of benzene rings is 16. The fourth-order valence-corrected chi connectivity index (χ4v) is 18.1. The third kappa shape index (κ3) is 9.89. The van der Waals surface area contributed by atoms with Crippen molar-refractivity contribution >= 4 is 10.8 Å². The standard InChI is InChI=1S/C104H64N4O2/c1-3-25-66(26-4-1)79-36-9-10-41-84(79)96-64-95(76-34-22-31-70(58-76)72-50-53-90-98(60-72)109-97-47-20-19-46-89(97)103(90)85-42-15-11-37-80(85)81-38-12-16-43-86(81)103)107-102(108-96)78-35-23-32-71(59-78)74-52-55-92-100(62-74)110-99-61-73(51-54-91(99)104(92)87-44-17-13-39-82(87)83-40-14-18-45-88(83)104)69-30-21-33-75(57-69)93-63-94(106-101(105-93)67-27-5-2-6-28-67)77-49-48-65-24-7-8-29-68(65)56-77/h1-64H. The van der Waals surface area contributed by atoms with E-state index in [4.69, 9.17) is 29.4 Å². The van der Waals surface area contributed by atoms with Crippen molar-refractivity contribution in [1.29, 1.82) is 0 Å².